The number of halogens is 3. The standard InChI is InChI=1S/C14H15F3N2OS/c15-14(16,17)10-6-2-1-5-9(10)11(20)19-13(12(18)21)7-3-4-8-13/h1-2,5-6H,3-4,7-8H2,(H2,18,21)(H,19,20). The topological polar surface area (TPSA) is 55.1 Å². The molecular weight excluding hydrogens is 301 g/mol. The predicted octanol–water partition coefficient (Wildman–Crippen LogP) is 3.03. The molecule has 1 aromatic rings. The molecule has 1 aliphatic carbocycles. The Hall–Kier alpha value is -1.63. The molecule has 0 bridgehead atoms. The van der Waals surface area contributed by atoms with E-state index in [9.17, 15) is 18.0 Å². The molecule has 3 nitrogen and oxygen atoms in total. The Labute approximate surface area is 125 Å². The van der Waals surface area contributed by atoms with E-state index in [-0.39, 0.29) is 4.99 Å². The molecule has 1 saturated carbocycles. The highest BCUT2D eigenvalue weighted by molar-refractivity contribution is 7.80. The van der Waals surface area contributed by atoms with E-state index in [1.165, 1.54) is 12.1 Å². The molecule has 1 aliphatic rings. The maximum absolute atomic E-state index is 12.9. The van der Waals surface area contributed by atoms with E-state index >= 15 is 0 Å². The third kappa shape index (κ3) is 3.18. The van der Waals surface area contributed by atoms with Crippen LogP contribution in [0.4, 0.5) is 13.2 Å². The van der Waals surface area contributed by atoms with Crippen molar-refractivity contribution in [2.75, 3.05) is 0 Å². The van der Waals surface area contributed by atoms with Gasteiger partial charge in [0.15, 0.2) is 0 Å². The van der Waals surface area contributed by atoms with Gasteiger partial charge in [-0.15, -0.1) is 0 Å². The second kappa shape index (κ2) is 5.63. The van der Waals surface area contributed by atoms with Gasteiger partial charge < -0.3 is 11.1 Å². The van der Waals surface area contributed by atoms with E-state index in [0.29, 0.717) is 12.8 Å². The fraction of sp³-hybridized carbons (Fsp3) is 0.429. The van der Waals surface area contributed by atoms with Crippen LogP contribution in [0.2, 0.25) is 0 Å². The first-order valence-corrected chi connectivity index (χ1v) is 6.96. The predicted molar refractivity (Wildman–Crippen MR) is 76.9 cm³/mol. The van der Waals surface area contributed by atoms with Crippen molar-refractivity contribution in [1.29, 1.82) is 0 Å². The molecule has 0 unspecified atom stereocenters. The van der Waals surface area contributed by atoms with Crippen molar-refractivity contribution in [2.45, 2.75) is 37.4 Å². The summed E-state index contributed by atoms with van der Waals surface area (Å²) in [6.45, 7) is 0. The van der Waals surface area contributed by atoms with Crippen LogP contribution < -0.4 is 11.1 Å². The lowest BCUT2D eigenvalue weighted by Gasteiger charge is -2.29. The van der Waals surface area contributed by atoms with Gasteiger partial charge in [0.2, 0.25) is 0 Å². The van der Waals surface area contributed by atoms with Gasteiger partial charge in [-0.05, 0) is 25.0 Å². The molecule has 0 saturated heterocycles. The summed E-state index contributed by atoms with van der Waals surface area (Å²) in [5, 5.41) is 2.62. The third-order valence-corrected chi connectivity index (χ3v) is 4.15. The highest BCUT2D eigenvalue weighted by Gasteiger charge is 2.40. The molecule has 0 radical (unpaired) electrons. The molecule has 114 valence electrons. The van der Waals surface area contributed by atoms with Gasteiger partial charge in [-0.1, -0.05) is 37.2 Å². The highest BCUT2D eigenvalue weighted by atomic mass is 32.1. The number of amides is 1. The Bertz CT molecular complexity index is 566. The number of hydrogen-bond acceptors (Lipinski definition) is 2. The minimum absolute atomic E-state index is 0.123. The molecule has 21 heavy (non-hydrogen) atoms. The first-order chi connectivity index (χ1) is 9.76. The Kier molecular flexibility index (Phi) is 4.22. The van der Waals surface area contributed by atoms with Crippen LogP contribution >= 0.6 is 12.2 Å². The Balaban J connectivity index is 2.31. The molecule has 2 rings (SSSR count). The molecule has 0 atom stereocenters. The summed E-state index contributed by atoms with van der Waals surface area (Å²) in [5.41, 5.74) is 3.44. The van der Waals surface area contributed by atoms with Gasteiger partial charge in [-0.25, -0.2) is 0 Å². The zero-order chi connectivity index (χ0) is 15.7. The van der Waals surface area contributed by atoms with Crippen LogP contribution in [0.3, 0.4) is 0 Å². The van der Waals surface area contributed by atoms with Crippen LogP contribution in [0, 0.1) is 0 Å². The quantitative estimate of drug-likeness (QED) is 0.843. The number of nitrogens with two attached hydrogens (primary N) is 1. The molecule has 0 aliphatic heterocycles. The average Bonchev–Trinajstić information content (AvgIpc) is 2.87. The summed E-state index contributed by atoms with van der Waals surface area (Å²) >= 11 is 4.98. The lowest BCUT2D eigenvalue weighted by Crippen LogP contribution is -2.55. The summed E-state index contributed by atoms with van der Waals surface area (Å²) in [6, 6.07) is 4.68. The van der Waals surface area contributed by atoms with Gasteiger partial charge in [0.05, 0.1) is 21.7 Å². The lowest BCUT2D eigenvalue weighted by atomic mass is 9.96. The molecule has 1 aromatic carbocycles. The van der Waals surface area contributed by atoms with Gasteiger partial charge in [0.25, 0.3) is 5.91 Å². The second-order valence-corrected chi connectivity index (χ2v) is 5.59. The van der Waals surface area contributed by atoms with Crippen LogP contribution in [0.15, 0.2) is 24.3 Å². The Morgan fingerprint density at radius 1 is 1.24 bits per heavy atom. The molecule has 0 spiro atoms. The van der Waals surface area contributed by atoms with Gasteiger partial charge in [0.1, 0.15) is 0 Å². The monoisotopic (exact) mass is 316 g/mol. The summed E-state index contributed by atoms with van der Waals surface area (Å²) in [4.78, 5) is 12.4. The van der Waals surface area contributed by atoms with Gasteiger partial charge in [0, 0.05) is 0 Å². The van der Waals surface area contributed by atoms with Crippen molar-refractivity contribution >= 4 is 23.1 Å². The smallest absolute Gasteiger partial charge is 0.391 e. The summed E-state index contributed by atoms with van der Waals surface area (Å²) in [6.07, 6.45) is -1.80. The number of alkyl halides is 3. The fourth-order valence-corrected chi connectivity index (χ4v) is 2.88. The molecule has 0 heterocycles. The number of nitrogens with one attached hydrogen (secondary N) is 1. The maximum Gasteiger partial charge on any atom is 0.417 e. The molecule has 3 N–H and O–H groups in total. The summed E-state index contributed by atoms with van der Waals surface area (Å²) in [5.74, 6) is -0.794. The van der Waals surface area contributed by atoms with Crippen LogP contribution in [0.5, 0.6) is 0 Å². The van der Waals surface area contributed by atoms with E-state index in [2.05, 4.69) is 5.32 Å². The molecular formula is C14H15F3N2OS. The van der Waals surface area contributed by atoms with Crippen molar-refractivity contribution in [3.8, 4) is 0 Å². The van der Waals surface area contributed by atoms with Crippen molar-refractivity contribution in [1.82, 2.24) is 5.32 Å². The van der Waals surface area contributed by atoms with Gasteiger partial charge in [-0.2, -0.15) is 13.2 Å². The summed E-state index contributed by atoms with van der Waals surface area (Å²) < 4.78 is 38.8. The van der Waals surface area contributed by atoms with Crippen molar-refractivity contribution < 1.29 is 18.0 Å². The normalized spacial score (nSPS) is 17.5. The van der Waals surface area contributed by atoms with E-state index in [4.69, 9.17) is 18.0 Å². The molecule has 0 aromatic heterocycles. The Morgan fingerprint density at radius 3 is 2.33 bits per heavy atom. The lowest BCUT2D eigenvalue weighted by molar-refractivity contribution is -0.137. The summed E-state index contributed by atoms with van der Waals surface area (Å²) in [7, 11) is 0. The van der Waals surface area contributed by atoms with Crippen LogP contribution in [-0.2, 0) is 6.18 Å². The third-order valence-electron chi connectivity index (χ3n) is 3.76. The number of carbonyl (C=O) groups is 1. The van der Waals surface area contributed by atoms with Crippen LogP contribution in [-0.4, -0.2) is 16.4 Å². The largest absolute Gasteiger partial charge is 0.417 e. The zero-order valence-electron chi connectivity index (χ0n) is 11.2. The van der Waals surface area contributed by atoms with Gasteiger partial charge >= 0.3 is 6.18 Å². The second-order valence-electron chi connectivity index (χ2n) is 5.15. The van der Waals surface area contributed by atoms with E-state index in [1.807, 2.05) is 0 Å². The van der Waals surface area contributed by atoms with Crippen LogP contribution in [0.1, 0.15) is 41.6 Å². The number of thiocarbonyl (C=S) groups is 1. The zero-order valence-corrected chi connectivity index (χ0v) is 12.0. The van der Waals surface area contributed by atoms with E-state index in [0.717, 1.165) is 25.0 Å². The first kappa shape index (κ1) is 15.8. The number of benzene rings is 1. The van der Waals surface area contributed by atoms with Gasteiger partial charge in [-0.3, -0.25) is 4.79 Å². The van der Waals surface area contributed by atoms with E-state index in [1.54, 1.807) is 0 Å². The van der Waals surface area contributed by atoms with Crippen molar-refractivity contribution in [2.24, 2.45) is 5.73 Å². The van der Waals surface area contributed by atoms with Crippen molar-refractivity contribution in [3.63, 3.8) is 0 Å². The number of rotatable bonds is 3. The minimum Gasteiger partial charge on any atom is -0.391 e. The minimum atomic E-state index is -4.58. The Morgan fingerprint density at radius 2 is 1.81 bits per heavy atom. The fourth-order valence-electron chi connectivity index (χ4n) is 2.62. The number of hydrogen-bond donors (Lipinski definition) is 2. The SMILES string of the molecule is NC(=S)C1(NC(=O)c2ccccc2C(F)(F)F)CCCC1. The highest BCUT2D eigenvalue weighted by Crippen LogP contribution is 2.34. The number of carbonyl (C=O) groups excluding carboxylic acids is 1. The first-order valence-electron chi connectivity index (χ1n) is 6.55. The van der Waals surface area contributed by atoms with E-state index < -0.39 is 28.7 Å². The van der Waals surface area contributed by atoms with Crippen molar-refractivity contribution in [3.05, 3.63) is 35.4 Å². The average molecular weight is 316 g/mol. The molecule has 1 amide bonds. The molecule has 1 fully saturated rings. The molecule has 7 heteroatoms. The maximum atomic E-state index is 12.9. The van der Waals surface area contributed by atoms with Crippen LogP contribution in [0.25, 0.3) is 0 Å².